The van der Waals surface area contributed by atoms with Crippen molar-refractivity contribution in [3.05, 3.63) is 28.8 Å². The Morgan fingerprint density at radius 1 is 0.895 bits per heavy atom. The molecule has 0 aromatic heterocycles. The second-order valence-electron chi connectivity index (χ2n) is 6.69. The highest BCUT2D eigenvalue weighted by atomic mass is 16.3. The molecule has 0 saturated heterocycles. The van der Waals surface area contributed by atoms with Crippen LogP contribution >= 0.6 is 0 Å². The SMILES string of the molecule is CC(C)c1cc(C2CCCCC2)cc(C(C)C)c1O. The standard InChI is InChI=1S/C18H28O/c1-12(2)16-10-15(14-8-6-5-7-9-14)11-17(13(3)4)18(16)19/h10-14,19H,5-9H2,1-4H3. The van der Waals surface area contributed by atoms with Crippen molar-refractivity contribution in [2.75, 3.05) is 0 Å². The van der Waals surface area contributed by atoms with Crippen LogP contribution in [0.1, 0.15) is 94.2 Å². The molecule has 1 aromatic carbocycles. The van der Waals surface area contributed by atoms with Crippen LogP contribution in [0.25, 0.3) is 0 Å². The van der Waals surface area contributed by atoms with Gasteiger partial charge in [-0.3, -0.25) is 0 Å². The molecule has 1 saturated carbocycles. The molecule has 1 N–H and O–H groups in total. The average Bonchev–Trinajstić information content (AvgIpc) is 2.39. The molecule has 0 aliphatic heterocycles. The molecule has 1 nitrogen and oxygen atoms in total. The minimum absolute atomic E-state index is 0.390. The van der Waals surface area contributed by atoms with Crippen molar-refractivity contribution in [2.24, 2.45) is 0 Å². The molecule has 1 fully saturated rings. The molecule has 1 aromatic rings. The molecule has 1 aliphatic rings. The average molecular weight is 260 g/mol. The van der Waals surface area contributed by atoms with Crippen molar-refractivity contribution in [1.29, 1.82) is 0 Å². The van der Waals surface area contributed by atoms with Gasteiger partial charge in [0.2, 0.25) is 0 Å². The van der Waals surface area contributed by atoms with Gasteiger partial charge in [0.15, 0.2) is 0 Å². The van der Waals surface area contributed by atoms with E-state index in [1.165, 1.54) is 37.7 Å². The molecule has 0 bridgehead atoms. The van der Waals surface area contributed by atoms with Crippen molar-refractivity contribution < 1.29 is 5.11 Å². The van der Waals surface area contributed by atoms with Gasteiger partial charge in [0.1, 0.15) is 5.75 Å². The van der Waals surface area contributed by atoms with Crippen molar-refractivity contribution in [3.63, 3.8) is 0 Å². The zero-order valence-electron chi connectivity index (χ0n) is 12.9. The van der Waals surface area contributed by atoms with Crippen LogP contribution in [0.2, 0.25) is 0 Å². The summed E-state index contributed by atoms with van der Waals surface area (Å²) < 4.78 is 0. The first kappa shape index (κ1) is 14.4. The van der Waals surface area contributed by atoms with E-state index in [1.807, 2.05) is 0 Å². The maximum atomic E-state index is 10.5. The summed E-state index contributed by atoms with van der Waals surface area (Å²) in [6, 6.07) is 4.53. The van der Waals surface area contributed by atoms with E-state index in [0.29, 0.717) is 23.5 Å². The van der Waals surface area contributed by atoms with Crippen LogP contribution in [0.4, 0.5) is 0 Å². The third-order valence-electron chi connectivity index (χ3n) is 4.51. The monoisotopic (exact) mass is 260 g/mol. The maximum Gasteiger partial charge on any atom is 0.122 e. The predicted octanol–water partition coefficient (Wildman–Crippen LogP) is 5.69. The largest absolute Gasteiger partial charge is 0.507 e. The third kappa shape index (κ3) is 3.13. The Labute approximate surface area is 118 Å². The van der Waals surface area contributed by atoms with Gasteiger partial charge in [-0.25, -0.2) is 0 Å². The lowest BCUT2D eigenvalue weighted by molar-refractivity contribution is 0.436. The van der Waals surface area contributed by atoms with Crippen LogP contribution in [0.3, 0.4) is 0 Å². The summed E-state index contributed by atoms with van der Waals surface area (Å²) in [5, 5.41) is 10.5. The summed E-state index contributed by atoms with van der Waals surface area (Å²) >= 11 is 0. The Bertz CT molecular complexity index is 396. The van der Waals surface area contributed by atoms with E-state index in [1.54, 1.807) is 0 Å². The molecule has 0 unspecified atom stereocenters. The molecule has 1 heteroatoms. The lowest BCUT2D eigenvalue weighted by atomic mass is 9.81. The quantitative estimate of drug-likeness (QED) is 0.740. The highest BCUT2D eigenvalue weighted by molar-refractivity contribution is 5.47. The Hall–Kier alpha value is -0.980. The number of aromatic hydroxyl groups is 1. The van der Waals surface area contributed by atoms with Gasteiger partial charge in [-0.05, 0) is 47.3 Å². The minimum Gasteiger partial charge on any atom is -0.507 e. The van der Waals surface area contributed by atoms with E-state index >= 15 is 0 Å². The first-order chi connectivity index (χ1) is 9.00. The van der Waals surface area contributed by atoms with Crippen LogP contribution in [0.5, 0.6) is 5.75 Å². The number of benzene rings is 1. The van der Waals surface area contributed by atoms with E-state index < -0.39 is 0 Å². The normalized spacial score (nSPS) is 17.4. The first-order valence-corrected chi connectivity index (χ1v) is 7.87. The minimum atomic E-state index is 0.390. The zero-order valence-corrected chi connectivity index (χ0v) is 12.9. The number of hydrogen-bond donors (Lipinski definition) is 1. The van der Waals surface area contributed by atoms with E-state index in [0.717, 1.165) is 11.1 Å². The van der Waals surface area contributed by atoms with Crippen LogP contribution in [-0.4, -0.2) is 5.11 Å². The number of phenols is 1. The summed E-state index contributed by atoms with van der Waals surface area (Å²) in [5.41, 5.74) is 3.73. The van der Waals surface area contributed by atoms with Crippen LogP contribution in [0, 0.1) is 0 Å². The fourth-order valence-electron chi connectivity index (χ4n) is 3.26. The van der Waals surface area contributed by atoms with Gasteiger partial charge in [0, 0.05) is 0 Å². The fraction of sp³-hybridized carbons (Fsp3) is 0.667. The van der Waals surface area contributed by atoms with Gasteiger partial charge in [-0.2, -0.15) is 0 Å². The molecular formula is C18H28O. The Morgan fingerprint density at radius 3 is 1.79 bits per heavy atom. The van der Waals surface area contributed by atoms with Gasteiger partial charge in [-0.1, -0.05) is 59.1 Å². The second-order valence-corrected chi connectivity index (χ2v) is 6.69. The van der Waals surface area contributed by atoms with Crippen molar-refractivity contribution in [1.82, 2.24) is 0 Å². The summed E-state index contributed by atoms with van der Waals surface area (Å²) in [7, 11) is 0. The molecule has 1 aliphatic carbocycles. The molecule has 0 amide bonds. The summed E-state index contributed by atoms with van der Waals surface area (Å²) in [6.45, 7) is 8.68. The summed E-state index contributed by atoms with van der Waals surface area (Å²) in [4.78, 5) is 0. The van der Waals surface area contributed by atoms with Gasteiger partial charge >= 0.3 is 0 Å². The van der Waals surface area contributed by atoms with E-state index in [-0.39, 0.29) is 0 Å². The fourth-order valence-corrected chi connectivity index (χ4v) is 3.26. The van der Waals surface area contributed by atoms with Crippen molar-refractivity contribution in [3.8, 4) is 5.75 Å². The van der Waals surface area contributed by atoms with Crippen molar-refractivity contribution >= 4 is 0 Å². The van der Waals surface area contributed by atoms with Gasteiger partial charge in [0.05, 0.1) is 0 Å². The number of phenolic OH excluding ortho intramolecular Hbond substituents is 1. The molecule has 106 valence electrons. The Kier molecular flexibility index (Phi) is 4.54. The summed E-state index contributed by atoms with van der Waals surface area (Å²) in [5.74, 6) is 2.02. The van der Waals surface area contributed by atoms with Crippen molar-refractivity contribution in [2.45, 2.75) is 77.6 Å². The number of hydrogen-bond acceptors (Lipinski definition) is 1. The third-order valence-corrected chi connectivity index (χ3v) is 4.51. The zero-order chi connectivity index (χ0) is 14.0. The molecular weight excluding hydrogens is 232 g/mol. The molecule has 0 spiro atoms. The lowest BCUT2D eigenvalue weighted by Crippen LogP contribution is -2.07. The second kappa shape index (κ2) is 5.98. The maximum absolute atomic E-state index is 10.5. The highest BCUT2D eigenvalue weighted by Crippen LogP contribution is 2.40. The molecule has 0 heterocycles. The number of rotatable bonds is 3. The van der Waals surface area contributed by atoms with Crippen LogP contribution in [0.15, 0.2) is 12.1 Å². The van der Waals surface area contributed by atoms with Gasteiger partial charge in [-0.15, -0.1) is 0 Å². The predicted molar refractivity (Wildman–Crippen MR) is 82.1 cm³/mol. The lowest BCUT2D eigenvalue weighted by Gasteiger charge is -2.25. The van der Waals surface area contributed by atoms with E-state index in [4.69, 9.17) is 0 Å². The molecule has 0 radical (unpaired) electrons. The van der Waals surface area contributed by atoms with E-state index in [9.17, 15) is 5.11 Å². The topological polar surface area (TPSA) is 20.2 Å². The first-order valence-electron chi connectivity index (χ1n) is 7.87. The smallest absolute Gasteiger partial charge is 0.122 e. The molecule has 2 rings (SSSR count). The van der Waals surface area contributed by atoms with Crippen LogP contribution in [-0.2, 0) is 0 Å². The van der Waals surface area contributed by atoms with E-state index in [2.05, 4.69) is 39.8 Å². The Morgan fingerprint density at radius 2 is 1.37 bits per heavy atom. The highest BCUT2D eigenvalue weighted by Gasteiger charge is 2.20. The van der Waals surface area contributed by atoms with Gasteiger partial charge < -0.3 is 5.11 Å². The molecule has 19 heavy (non-hydrogen) atoms. The Balaban J connectivity index is 2.43. The van der Waals surface area contributed by atoms with Gasteiger partial charge in [0.25, 0.3) is 0 Å². The molecule has 0 atom stereocenters. The summed E-state index contributed by atoms with van der Waals surface area (Å²) in [6.07, 6.45) is 6.75. The van der Waals surface area contributed by atoms with Crippen LogP contribution < -0.4 is 0 Å².